The molecule has 0 aromatic rings. The standard InChI is InChI=1S/C27H44O3Si2.2C2H6/c1-31(2,24-9-16-7-20(22(24)8-16)13-28-14-21-15-29-21)30-32(3,4)25-12-19-11-23(25)27-18-6-5-17(10-18)26(19)27;2*1-2/h5-6,16-27H,7-15H2,1-4H3;2*1-2H3. The van der Waals surface area contributed by atoms with E-state index < -0.39 is 16.6 Å². The zero-order valence-electron chi connectivity index (χ0n) is 24.7. The molecule has 12 unspecified atom stereocenters. The van der Waals surface area contributed by atoms with Gasteiger partial charge in [0.05, 0.1) is 13.2 Å². The first kappa shape index (κ1) is 27.6. The fourth-order valence-electron chi connectivity index (χ4n) is 10.6. The van der Waals surface area contributed by atoms with Gasteiger partial charge in [-0.3, -0.25) is 0 Å². The molecule has 7 aliphatic rings. The molecule has 0 aromatic heterocycles. The van der Waals surface area contributed by atoms with Crippen LogP contribution in [-0.4, -0.2) is 42.6 Å². The van der Waals surface area contributed by atoms with Crippen LogP contribution in [0.4, 0.5) is 0 Å². The molecule has 0 amide bonds. The summed E-state index contributed by atoms with van der Waals surface area (Å²) in [5.41, 5.74) is 1.78. The minimum atomic E-state index is -1.73. The maximum atomic E-state index is 7.53. The van der Waals surface area contributed by atoms with E-state index in [1.54, 1.807) is 0 Å². The smallest absolute Gasteiger partial charge is 0.176 e. The maximum Gasteiger partial charge on any atom is 0.176 e. The van der Waals surface area contributed by atoms with Crippen molar-refractivity contribution in [3.63, 3.8) is 0 Å². The molecular formula is C31H56O3Si2. The Hall–Kier alpha value is 0.0538. The molecule has 1 aliphatic heterocycles. The molecule has 0 aromatic carbocycles. The molecule has 36 heavy (non-hydrogen) atoms. The van der Waals surface area contributed by atoms with E-state index in [0.29, 0.717) is 6.10 Å². The van der Waals surface area contributed by atoms with E-state index >= 15 is 0 Å². The normalized spacial score (nSPS) is 46.9. The summed E-state index contributed by atoms with van der Waals surface area (Å²) in [6, 6.07) is 0. The molecule has 0 spiro atoms. The average molecular weight is 533 g/mol. The second-order valence-corrected chi connectivity index (χ2v) is 22.7. The molecule has 6 aliphatic carbocycles. The lowest BCUT2D eigenvalue weighted by molar-refractivity contribution is 0.0667. The van der Waals surface area contributed by atoms with Crippen LogP contribution in [0.3, 0.4) is 0 Å². The average Bonchev–Trinajstić information content (AvgIpc) is 3.45. The molecule has 3 nitrogen and oxygen atoms in total. The zero-order valence-corrected chi connectivity index (χ0v) is 26.7. The lowest BCUT2D eigenvalue weighted by Gasteiger charge is -2.48. The van der Waals surface area contributed by atoms with Crippen LogP contribution in [0.25, 0.3) is 0 Å². The first-order chi connectivity index (χ1) is 17.3. The number of hydrogen-bond donors (Lipinski definition) is 0. The molecule has 206 valence electrons. The van der Waals surface area contributed by atoms with Gasteiger partial charge < -0.3 is 13.6 Å². The lowest BCUT2D eigenvalue weighted by atomic mass is 9.73. The summed E-state index contributed by atoms with van der Waals surface area (Å²) in [7, 11) is -3.43. The number of fused-ring (bicyclic) bond motifs is 11. The Bertz CT molecular complexity index is 793. The van der Waals surface area contributed by atoms with Crippen LogP contribution in [0, 0.1) is 53.3 Å². The van der Waals surface area contributed by atoms with Gasteiger partial charge in [-0.25, -0.2) is 0 Å². The van der Waals surface area contributed by atoms with Gasteiger partial charge in [-0.1, -0.05) is 39.8 Å². The van der Waals surface area contributed by atoms with Gasteiger partial charge in [0.15, 0.2) is 16.6 Å². The first-order valence-corrected chi connectivity index (χ1v) is 21.8. The van der Waals surface area contributed by atoms with Gasteiger partial charge in [-0.05, 0) is 129 Å². The minimum absolute atomic E-state index is 0.400. The lowest BCUT2D eigenvalue weighted by Crippen LogP contribution is -2.53. The van der Waals surface area contributed by atoms with Gasteiger partial charge >= 0.3 is 0 Å². The zero-order chi connectivity index (χ0) is 25.8. The quantitative estimate of drug-likeness (QED) is 0.137. The second-order valence-electron chi connectivity index (χ2n) is 14.0. The fourth-order valence-corrected chi connectivity index (χ4v) is 21.9. The SMILES string of the molecule is CC.CC.C[Si](C)(O[Si](C)(C)C1CC2CC1C1C3C=CC(C3)C21)C1CC2CC(COCC3CO3)C1C2. The predicted molar refractivity (Wildman–Crippen MR) is 155 cm³/mol. The van der Waals surface area contributed by atoms with Crippen molar-refractivity contribution >= 4 is 16.6 Å². The van der Waals surface area contributed by atoms with Crippen molar-refractivity contribution in [3.05, 3.63) is 12.2 Å². The maximum absolute atomic E-state index is 7.53. The summed E-state index contributed by atoms with van der Waals surface area (Å²) in [5, 5.41) is 0. The first-order valence-electron chi connectivity index (χ1n) is 15.9. The van der Waals surface area contributed by atoms with Gasteiger partial charge in [0.2, 0.25) is 0 Å². The molecular weight excluding hydrogens is 477 g/mol. The van der Waals surface area contributed by atoms with E-state index in [0.717, 1.165) is 84.2 Å². The minimum Gasteiger partial charge on any atom is -0.455 e. The highest BCUT2D eigenvalue weighted by Crippen LogP contribution is 2.70. The highest BCUT2D eigenvalue weighted by atomic mass is 28.4. The van der Waals surface area contributed by atoms with E-state index in [1.807, 2.05) is 27.7 Å². The van der Waals surface area contributed by atoms with Crippen LogP contribution < -0.4 is 0 Å². The van der Waals surface area contributed by atoms with Crippen LogP contribution in [0.2, 0.25) is 37.3 Å². The van der Waals surface area contributed by atoms with Gasteiger partial charge in [0, 0.05) is 6.61 Å². The van der Waals surface area contributed by atoms with Gasteiger partial charge in [0.1, 0.15) is 6.10 Å². The molecule has 1 heterocycles. The van der Waals surface area contributed by atoms with Gasteiger partial charge in [-0.2, -0.15) is 0 Å². The second kappa shape index (κ2) is 10.6. The number of epoxide rings is 1. The summed E-state index contributed by atoms with van der Waals surface area (Å²) < 4.78 is 19.0. The van der Waals surface area contributed by atoms with Crippen LogP contribution in [0.1, 0.15) is 66.2 Å². The Balaban J connectivity index is 0.000000637. The third-order valence-electron chi connectivity index (χ3n) is 11.6. The molecule has 0 radical (unpaired) electrons. The molecule has 12 atom stereocenters. The number of allylic oxidation sites excluding steroid dienone is 2. The third-order valence-corrected chi connectivity index (χ3v) is 20.7. The molecule has 7 rings (SSSR count). The molecule has 1 saturated heterocycles. The van der Waals surface area contributed by atoms with Crippen molar-refractivity contribution in [3.8, 4) is 0 Å². The molecule has 6 bridgehead atoms. The van der Waals surface area contributed by atoms with Crippen LogP contribution in [0.15, 0.2) is 12.2 Å². The van der Waals surface area contributed by atoms with Crippen molar-refractivity contribution in [2.24, 2.45) is 53.3 Å². The fraction of sp³-hybridized carbons (Fsp3) is 0.935. The van der Waals surface area contributed by atoms with Crippen molar-refractivity contribution in [2.45, 2.75) is 110 Å². The monoisotopic (exact) mass is 532 g/mol. The van der Waals surface area contributed by atoms with Crippen molar-refractivity contribution in [1.29, 1.82) is 0 Å². The van der Waals surface area contributed by atoms with Crippen molar-refractivity contribution in [2.75, 3.05) is 19.8 Å². The van der Waals surface area contributed by atoms with Crippen LogP contribution in [-0.2, 0) is 13.6 Å². The Morgan fingerprint density at radius 3 is 2.00 bits per heavy atom. The van der Waals surface area contributed by atoms with E-state index in [-0.39, 0.29) is 0 Å². The van der Waals surface area contributed by atoms with Crippen LogP contribution >= 0.6 is 0 Å². The van der Waals surface area contributed by atoms with E-state index in [2.05, 4.69) is 38.3 Å². The molecule has 5 heteroatoms. The third kappa shape index (κ3) is 4.80. The predicted octanol–water partition coefficient (Wildman–Crippen LogP) is 8.15. The van der Waals surface area contributed by atoms with Crippen molar-refractivity contribution in [1.82, 2.24) is 0 Å². The van der Waals surface area contributed by atoms with E-state index in [4.69, 9.17) is 13.6 Å². The van der Waals surface area contributed by atoms with Crippen molar-refractivity contribution < 1.29 is 13.6 Å². The van der Waals surface area contributed by atoms with E-state index in [1.165, 1.54) is 38.5 Å². The molecule has 6 fully saturated rings. The summed E-state index contributed by atoms with van der Waals surface area (Å²) in [6.07, 6.45) is 14.4. The summed E-state index contributed by atoms with van der Waals surface area (Å²) in [6.45, 7) is 21.1. The summed E-state index contributed by atoms with van der Waals surface area (Å²) in [4.78, 5) is 0. The highest BCUT2D eigenvalue weighted by molar-refractivity contribution is 6.86. The van der Waals surface area contributed by atoms with Crippen LogP contribution in [0.5, 0.6) is 0 Å². The summed E-state index contributed by atoms with van der Waals surface area (Å²) in [5.74, 6) is 8.54. The van der Waals surface area contributed by atoms with E-state index in [9.17, 15) is 0 Å². The Morgan fingerprint density at radius 1 is 0.722 bits per heavy atom. The number of hydrogen-bond acceptors (Lipinski definition) is 3. The molecule has 5 saturated carbocycles. The largest absolute Gasteiger partial charge is 0.455 e. The summed E-state index contributed by atoms with van der Waals surface area (Å²) >= 11 is 0. The Labute approximate surface area is 224 Å². The van der Waals surface area contributed by atoms with Gasteiger partial charge in [0.25, 0.3) is 0 Å². The number of rotatable bonds is 8. The Morgan fingerprint density at radius 2 is 1.36 bits per heavy atom. The van der Waals surface area contributed by atoms with Gasteiger partial charge in [-0.15, -0.1) is 0 Å². The number of ether oxygens (including phenoxy) is 2. The highest BCUT2D eigenvalue weighted by Gasteiger charge is 2.64. The Kier molecular flexibility index (Phi) is 8.10. The molecule has 0 N–H and O–H groups in total. The topological polar surface area (TPSA) is 31.0 Å².